The molecule has 0 bridgehead atoms. The van der Waals surface area contributed by atoms with E-state index in [-0.39, 0.29) is 36.9 Å². The number of alkyl halides is 2. The number of amides is 2. The van der Waals surface area contributed by atoms with E-state index in [9.17, 15) is 28.5 Å². The molecule has 12 heteroatoms. The van der Waals surface area contributed by atoms with Crippen molar-refractivity contribution in [1.29, 1.82) is 0 Å². The molecule has 1 aromatic rings. The largest absolute Gasteiger partial charge is 0.493 e. The van der Waals surface area contributed by atoms with Crippen molar-refractivity contribution in [3.63, 3.8) is 0 Å². The van der Waals surface area contributed by atoms with Gasteiger partial charge in [0.05, 0.1) is 24.6 Å². The Bertz CT molecular complexity index is 855. The third-order valence-electron chi connectivity index (χ3n) is 5.65. The van der Waals surface area contributed by atoms with Gasteiger partial charge in [0.2, 0.25) is 5.91 Å². The molecule has 2 amide bonds. The summed E-state index contributed by atoms with van der Waals surface area (Å²) in [5.41, 5.74) is -0.916. The lowest BCUT2D eigenvalue weighted by Gasteiger charge is -2.36. The van der Waals surface area contributed by atoms with Crippen LogP contribution in [0.2, 0.25) is 0 Å². The van der Waals surface area contributed by atoms with E-state index in [2.05, 4.69) is 4.74 Å². The maximum absolute atomic E-state index is 13.0. The number of likely N-dealkylation sites (tertiary alicyclic amines) is 1. The second-order valence-corrected chi connectivity index (χ2v) is 7.67. The molecule has 0 unspecified atom stereocenters. The summed E-state index contributed by atoms with van der Waals surface area (Å²) < 4.78 is 34.5. The second-order valence-electron chi connectivity index (χ2n) is 7.67. The Balaban J connectivity index is 1.67. The molecule has 2 aliphatic rings. The number of hydrogen-bond acceptors (Lipinski definition) is 7. The van der Waals surface area contributed by atoms with Crippen LogP contribution in [-0.4, -0.2) is 91.0 Å². The average molecular weight is 456 g/mol. The first-order valence-electron chi connectivity index (χ1n) is 10.4. The van der Waals surface area contributed by atoms with Gasteiger partial charge >= 0.3 is 6.61 Å². The first kappa shape index (κ1) is 23.6. The van der Waals surface area contributed by atoms with Crippen molar-refractivity contribution in [2.75, 3.05) is 52.9 Å². The van der Waals surface area contributed by atoms with Gasteiger partial charge in [-0.25, -0.2) is 0 Å². The van der Waals surface area contributed by atoms with Crippen LogP contribution in [0, 0.1) is 10.1 Å². The van der Waals surface area contributed by atoms with E-state index in [1.54, 1.807) is 0 Å². The number of benzene rings is 1. The average Bonchev–Trinajstić information content (AvgIpc) is 2.79. The first-order chi connectivity index (χ1) is 15.3. The van der Waals surface area contributed by atoms with Gasteiger partial charge in [-0.15, -0.1) is 0 Å². The lowest BCUT2D eigenvalue weighted by Crippen LogP contribution is -2.52. The summed E-state index contributed by atoms with van der Waals surface area (Å²) in [6, 6.07) is 1.82. The Morgan fingerprint density at radius 3 is 2.25 bits per heavy atom. The van der Waals surface area contributed by atoms with Gasteiger partial charge in [-0.1, -0.05) is 0 Å². The zero-order valence-electron chi connectivity index (χ0n) is 17.8. The third-order valence-corrected chi connectivity index (χ3v) is 5.65. The SMILES string of the molecule is COc1cc(C(=O)N2CCN(CC(=O)N3CCCCC3)CC2)c([N+](=O)[O-])cc1OC(F)F. The standard InChI is InChI=1S/C20H26F2N4O6/c1-31-16-11-14(15(26(29)30)12-17(16)32-20(21)22)19(28)25-9-7-23(8-10-25)13-18(27)24-5-3-2-4-6-24/h11-12,20H,2-10,13H2,1H3. The van der Waals surface area contributed by atoms with Gasteiger partial charge in [-0.2, -0.15) is 8.78 Å². The molecule has 3 rings (SSSR count). The topological polar surface area (TPSA) is 105 Å². The molecular weight excluding hydrogens is 430 g/mol. The Labute approximate surface area is 183 Å². The van der Waals surface area contributed by atoms with Crippen LogP contribution in [0.5, 0.6) is 11.5 Å². The number of nitro benzene ring substituents is 1. The smallest absolute Gasteiger partial charge is 0.387 e. The van der Waals surface area contributed by atoms with Gasteiger partial charge in [-0.05, 0) is 19.3 Å². The third kappa shape index (κ3) is 5.61. The Morgan fingerprint density at radius 1 is 1.03 bits per heavy atom. The first-order valence-corrected chi connectivity index (χ1v) is 10.4. The van der Waals surface area contributed by atoms with E-state index >= 15 is 0 Å². The van der Waals surface area contributed by atoms with Crippen molar-refractivity contribution in [3.05, 3.63) is 27.8 Å². The summed E-state index contributed by atoms with van der Waals surface area (Å²) in [6.07, 6.45) is 3.16. The normalized spacial score (nSPS) is 17.4. The van der Waals surface area contributed by atoms with E-state index in [0.29, 0.717) is 13.1 Å². The number of halogens is 2. The minimum Gasteiger partial charge on any atom is -0.493 e. The summed E-state index contributed by atoms with van der Waals surface area (Å²) in [4.78, 5) is 41.3. The Hall–Kier alpha value is -3.02. The molecule has 32 heavy (non-hydrogen) atoms. The molecule has 0 atom stereocenters. The highest BCUT2D eigenvalue weighted by atomic mass is 19.3. The molecule has 0 aromatic heterocycles. The molecule has 0 saturated carbocycles. The van der Waals surface area contributed by atoms with E-state index in [1.165, 1.54) is 12.0 Å². The molecular formula is C20H26F2N4O6. The molecule has 0 aliphatic carbocycles. The Morgan fingerprint density at radius 2 is 1.69 bits per heavy atom. The van der Waals surface area contributed by atoms with Gasteiger partial charge in [0.1, 0.15) is 5.56 Å². The molecule has 176 valence electrons. The van der Waals surface area contributed by atoms with E-state index in [4.69, 9.17) is 4.74 Å². The number of ether oxygens (including phenoxy) is 2. The maximum Gasteiger partial charge on any atom is 0.387 e. The number of carbonyl (C=O) groups excluding carboxylic acids is 2. The van der Waals surface area contributed by atoms with Crippen LogP contribution in [0.4, 0.5) is 14.5 Å². The number of carbonyl (C=O) groups is 2. The number of hydrogen-bond donors (Lipinski definition) is 0. The van der Waals surface area contributed by atoms with Gasteiger partial charge in [0.15, 0.2) is 11.5 Å². The van der Waals surface area contributed by atoms with Crippen molar-refractivity contribution < 1.29 is 32.8 Å². The van der Waals surface area contributed by atoms with E-state index in [1.807, 2.05) is 9.80 Å². The van der Waals surface area contributed by atoms with E-state index in [0.717, 1.165) is 44.5 Å². The van der Waals surface area contributed by atoms with Crippen LogP contribution in [0.3, 0.4) is 0 Å². The fourth-order valence-corrected chi connectivity index (χ4v) is 3.93. The van der Waals surface area contributed by atoms with Crippen LogP contribution in [0.25, 0.3) is 0 Å². The zero-order chi connectivity index (χ0) is 23.3. The quantitative estimate of drug-likeness (QED) is 0.456. The molecule has 10 nitrogen and oxygen atoms in total. The predicted molar refractivity (Wildman–Crippen MR) is 109 cm³/mol. The predicted octanol–water partition coefficient (Wildman–Crippen LogP) is 1.98. The molecule has 2 saturated heterocycles. The number of nitrogens with zero attached hydrogens (tertiary/aromatic N) is 4. The van der Waals surface area contributed by atoms with E-state index < -0.39 is 28.9 Å². The molecule has 2 aliphatic heterocycles. The number of nitro groups is 1. The Kier molecular flexibility index (Phi) is 7.78. The molecule has 0 N–H and O–H groups in total. The summed E-state index contributed by atoms with van der Waals surface area (Å²) in [5.74, 6) is -1.27. The molecule has 1 aromatic carbocycles. The minimum atomic E-state index is -3.20. The number of methoxy groups -OCH3 is 1. The maximum atomic E-state index is 13.0. The van der Waals surface area contributed by atoms with Crippen molar-refractivity contribution in [3.8, 4) is 11.5 Å². The monoisotopic (exact) mass is 456 g/mol. The summed E-state index contributed by atoms with van der Waals surface area (Å²) in [7, 11) is 1.19. The highest BCUT2D eigenvalue weighted by Gasteiger charge is 2.31. The fraction of sp³-hybridized carbons (Fsp3) is 0.600. The van der Waals surface area contributed by atoms with Crippen molar-refractivity contribution in [1.82, 2.24) is 14.7 Å². The van der Waals surface area contributed by atoms with Crippen LogP contribution in [0.15, 0.2) is 12.1 Å². The van der Waals surface area contributed by atoms with Crippen molar-refractivity contribution in [2.45, 2.75) is 25.9 Å². The van der Waals surface area contributed by atoms with Crippen LogP contribution < -0.4 is 9.47 Å². The zero-order valence-corrected chi connectivity index (χ0v) is 17.8. The van der Waals surface area contributed by atoms with Gasteiger partial charge in [0, 0.05) is 45.3 Å². The summed E-state index contributed by atoms with van der Waals surface area (Å²) in [5, 5.41) is 11.5. The second kappa shape index (κ2) is 10.5. The highest BCUT2D eigenvalue weighted by Crippen LogP contribution is 2.36. The van der Waals surface area contributed by atoms with Gasteiger partial charge < -0.3 is 19.3 Å². The number of piperidine rings is 1. The lowest BCUT2D eigenvalue weighted by molar-refractivity contribution is -0.385. The summed E-state index contributed by atoms with van der Waals surface area (Å²) in [6.45, 7) is 0.0660. The molecule has 0 radical (unpaired) electrons. The minimum absolute atomic E-state index is 0.0690. The van der Waals surface area contributed by atoms with Crippen LogP contribution in [-0.2, 0) is 4.79 Å². The highest BCUT2D eigenvalue weighted by molar-refractivity contribution is 5.99. The molecule has 0 spiro atoms. The van der Waals surface area contributed by atoms with Gasteiger partial charge in [-0.3, -0.25) is 24.6 Å². The van der Waals surface area contributed by atoms with Crippen molar-refractivity contribution >= 4 is 17.5 Å². The molecule has 2 heterocycles. The number of rotatable bonds is 7. The van der Waals surface area contributed by atoms with Crippen LogP contribution in [0.1, 0.15) is 29.6 Å². The lowest BCUT2D eigenvalue weighted by atomic mass is 10.1. The van der Waals surface area contributed by atoms with Gasteiger partial charge in [0.25, 0.3) is 11.6 Å². The number of piperazine rings is 1. The van der Waals surface area contributed by atoms with Crippen LogP contribution >= 0.6 is 0 Å². The summed E-state index contributed by atoms with van der Waals surface area (Å²) >= 11 is 0. The van der Waals surface area contributed by atoms with Crippen molar-refractivity contribution in [2.24, 2.45) is 0 Å². The fourth-order valence-electron chi connectivity index (χ4n) is 3.93. The molecule has 2 fully saturated rings.